The summed E-state index contributed by atoms with van der Waals surface area (Å²) in [7, 11) is 0. The standard InChI is InChI=1S/C24H16N2O2/c27-19-11-9-17-21(13-5-1-3-7-15(13)25-17)23(19)24-20(28)12-10-18-22(24)14-6-2-4-8-16(14)26-18/h1-12,25-28H. The number of aromatic amines is 2. The van der Waals surface area contributed by atoms with Gasteiger partial charge in [-0.05, 0) is 36.4 Å². The van der Waals surface area contributed by atoms with Crippen LogP contribution >= 0.6 is 0 Å². The molecule has 6 aromatic rings. The number of aromatic hydroxyl groups is 2. The Morgan fingerprint density at radius 1 is 0.464 bits per heavy atom. The molecule has 0 aliphatic heterocycles. The molecule has 134 valence electrons. The van der Waals surface area contributed by atoms with Gasteiger partial charge in [-0.1, -0.05) is 36.4 Å². The van der Waals surface area contributed by atoms with E-state index >= 15 is 0 Å². The van der Waals surface area contributed by atoms with Crippen molar-refractivity contribution in [1.82, 2.24) is 9.97 Å². The highest BCUT2D eigenvalue weighted by Gasteiger charge is 2.21. The zero-order chi connectivity index (χ0) is 18.8. The first kappa shape index (κ1) is 15.2. The Balaban J connectivity index is 1.88. The summed E-state index contributed by atoms with van der Waals surface area (Å²) in [6.07, 6.45) is 0. The first-order chi connectivity index (χ1) is 13.7. The molecule has 0 saturated carbocycles. The number of phenols is 2. The maximum absolute atomic E-state index is 10.9. The summed E-state index contributed by atoms with van der Waals surface area (Å²) in [6, 6.07) is 23.1. The van der Waals surface area contributed by atoms with E-state index in [1.165, 1.54) is 0 Å². The molecule has 0 atom stereocenters. The van der Waals surface area contributed by atoms with Gasteiger partial charge in [0.2, 0.25) is 0 Å². The molecule has 0 fully saturated rings. The van der Waals surface area contributed by atoms with Gasteiger partial charge in [0, 0.05) is 54.7 Å². The first-order valence-electron chi connectivity index (χ1n) is 9.17. The molecule has 2 heterocycles. The minimum atomic E-state index is 0.144. The number of phenolic OH excluding ortho intramolecular Hbond substituents is 2. The third-order valence-electron chi connectivity index (χ3n) is 5.55. The van der Waals surface area contributed by atoms with E-state index in [0.29, 0.717) is 11.1 Å². The zero-order valence-corrected chi connectivity index (χ0v) is 14.8. The van der Waals surface area contributed by atoms with Crippen LogP contribution in [0.5, 0.6) is 11.5 Å². The lowest BCUT2D eigenvalue weighted by Crippen LogP contribution is -1.85. The topological polar surface area (TPSA) is 72.0 Å². The molecule has 0 radical (unpaired) electrons. The lowest BCUT2D eigenvalue weighted by atomic mass is 9.93. The number of hydrogen-bond donors (Lipinski definition) is 4. The van der Waals surface area contributed by atoms with Crippen LogP contribution in [0.3, 0.4) is 0 Å². The molecule has 0 saturated heterocycles. The van der Waals surface area contributed by atoms with Gasteiger partial charge in [-0.2, -0.15) is 0 Å². The van der Waals surface area contributed by atoms with Crippen molar-refractivity contribution in [3.8, 4) is 22.6 Å². The summed E-state index contributed by atoms with van der Waals surface area (Å²) in [5.41, 5.74) is 5.12. The van der Waals surface area contributed by atoms with E-state index in [1.807, 2.05) is 60.7 Å². The predicted molar refractivity (Wildman–Crippen MR) is 114 cm³/mol. The highest BCUT2D eigenvalue weighted by Crippen LogP contribution is 2.48. The Bertz CT molecular complexity index is 1420. The summed E-state index contributed by atoms with van der Waals surface area (Å²) in [5.74, 6) is 0.288. The third kappa shape index (κ3) is 1.89. The molecular weight excluding hydrogens is 348 g/mol. The van der Waals surface area contributed by atoms with Gasteiger partial charge in [-0.15, -0.1) is 0 Å². The largest absolute Gasteiger partial charge is 0.507 e. The number of para-hydroxylation sites is 2. The predicted octanol–water partition coefficient (Wildman–Crippen LogP) is 6.03. The quantitative estimate of drug-likeness (QED) is 0.287. The zero-order valence-electron chi connectivity index (χ0n) is 14.8. The molecule has 4 nitrogen and oxygen atoms in total. The summed E-state index contributed by atoms with van der Waals surface area (Å²) < 4.78 is 0. The van der Waals surface area contributed by atoms with Crippen LogP contribution in [0, 0.1) is 0 Å². The summed E-state index contributed by atoms with van der Waals surface area (Å²) in [5, 5.41) is 25.6. The van der Waals surface area contributed by atoms with Gasteiger partial charge in [0.1, 0.15) is 11.5 Å². The van der Waals surface area contributed by atoms with Crippen LogP contribution in [0.2, 0.25) is 0 Å². The summed E-state index contributed by atoms with van der Waals surface area (Å²) >= 11 is 0. The van der Waals surface area contributed by atoms with Crippen molar-refractivity contribution >= 4 is 43.6 Å². The van der Waals surface area contributed by atoms with Crippen molar-refractivity contribution in [2.45, 2.75) is 0 Å². The van der Waals surface area contributed by atoms with E-state index in [2.05, 4.69) is 9.97 Å². The van der Waals surface area contributed by atoms with Crippen molar-refractivity contribution in [3.63, 3.8) is 0 Å². The maximum Gasteiger partial charge on any atom is 0.124 e. The molecule has 0 aliphatic rings. The lowest BCUT2D eigenvalue weighted by molar-refractivity contribution is 0.470. The Labute approximate surface area is 159 Å². The molecule has 6 rings (SSSR count). The molecule has 4 N–H and O–H groups in total. The van der Waals surface area contributed by atoms with Crippen molar-refractivity contribution in [2.75, 3.05) is 0 Å². The van der Waals surface area contributed by atoms with Crippen LogP contribution in [-0.2, 0) is 0 Å². The fourth-order valence-corrected chi connectivity index (χ4v) is 4.37. The van der Waals surface area contributed by atoms with Crippen LogP contribution in [-0.4, -0.2) is 20.2 Å². The van der Waals surface area contributed by atoms with Gasteiger partial charge in [0.25, 0.3) is 0 Å². The van der Waals surface area contributed by atoms with Gasteiger partial charge in [-0.25, -0.2) is 0 Å². The molecule has 28 heavy (non-hydrogen) atoms. The molecule has 0 unspecified atom stereocenters. The molecule has 0 bridgehead atoms. The molecule has 4 heteroatoms. The SMILES string of the molecule is Oc1ccc2[nH]c3ccccc3c2c1-c1c(O)ccc2[nH]c3ccccc3c12. The molecule has 0 aliphatic carbocycles. The minimum absolute atomic E-state index is 0.144. The smallest absolute Gasteiger partial charge is 0.124 e. The summed E-state index contributed by atoms with van der Waals surface area (Å²) in [4.78, 5) is 6.83. The first-order valence-corrected chi connectivity index (χ1v) is 9.17. The van der Waals surface area contributed by atoms with Crippen molar-refractivity contribution in [2.24, 2.45) is 0 Å². The molecule has 0 spiro atoms. The Hall–Kier alpha value is -3.92. The Morgan fingerprint density at radius 3 is 1.36 bits per heavy atom. The minimum Gasteiger partial charge on any atom is -0.507 e. The van der Waals surface area contributed by atoms with Gasteiger partial charge in [0.05, 0.1) is 0 Å². The Kier molecular flexibility index (Phi) is 2.87. The lowest BCUT2D eigenvalue weighted by Gasteiger charge is -2.12. The molecular formula is C24H16N2O2. The fraction of sp³-hybridized carbons (Fsp3) is 0. The van der Waals surface area contributed by atoms with E-state index in [0.717, 1.165) is 43.6 Å². The highest BCUT2D eigenvalue weighted by atomic mass is 16.3. The van der Waals surface area contributed by atoms with E-state index in [1.54, 1.807) is 12.1 Å². The highest BCUT2D eigenvalue weighted by molar-refractivity contribution is 6.23. The van der Waals surface area contributed by atoms with Crippen molar-refractivity contribution in [3.05, 3.63) is 72.8 Å². The second-order valence-electron chi connectivity index (χ2n) is 7.11. The van der Waals surface area contributed by atoms with Crippen LogP contribution in [0.15, 0.2) is 72.8 Å². The van der Waals surface area contributed by atoms with E-state index in [-0.39, 0.29) is 11.5 Å². The fourth-order valence-electron chi connectivity index (χ4n) is 4.37. The second-order valence-corrected chi connectivity index (χ2v) is 7.11. The van der Waals surface area contributed by atoms with E-state index < -0.39 is 0 Å². The van der Waals surface area contributed by atoms with Gasteiger partial charge >= 0.3 is 0 Å². The van der Waals surface area contributed by atoms with Crippen LogP contribution < -0.4 is 0 Å². The molecule has 0 amide bonds. The van der Waals surface area contributed by atoms with Crippen molar-refractivity contribution in [1.29, 1.82) is 0 Å². The summed E-state index contributed by atoms with van der Waals surface area (Å²) in [6.45, 7) is 0. The van der Waals surface area contributed by atoms with Crippen molar-refractivity contribution < 1.29 is 10.2 Å². The van der Waals surface area contributed by atoms with E-state index in [4.69, 9.17) is 0 Å². The Morgan fingerprint density at radius 2 is 0.893 bits per heavy atom. The van der Waals surface area contributed by atoms with E-state index in [9.17, 15) is 10.2 Å². The number of nitrogens with one attached hydrogen (secondary N) is 2. The van der Waals surface area contributed by atoms with Crippen LogP contribution in [0.1, 0.15) is 0 Å². The second kappa shape index (κ2) is 5.30. The maximum atomic E-state index is 10.9. The number of hydrogen-bond acceptors (Lipinski definition) is 2. The molecule has 4 aromatic carbocycles. The normalized spacial score (nSPS) is 11.9. The van der Waals surface area contributed by atoms with Crippen LogP contribution in [0.25, 0.3) is 54.7 Å². The number of H-pyrrole nitrogens is 2. The van der Waals surface area contributed by atoms with Crippen LogP contribution in [0.4, 0.5) is 0 Å². The third-order valence-corrected chi connectivity index (χ3v) is 5.55. The van der Waals surface area contributed by atoms with Gasteiger partial charge < -0.3 is 20.2 Å². The number of aromatic nitrogens is 2. The average molecular weight is 364 g/mol. The average Bonchev–Trinajstić information content (AvgIpc) is 3.27. The number of benzene rings is 4. The number of fused-ring (bicyclic) bond motifs is 6. The number of rotatable bonds is 1. The molecule has 2 aromatic heterocycles. The monoisotopic (exact) mass is 364 g/mol. The van der Waals surface area contributed by atoms with Gasteiger partial charge in [0.15, 0.2) is 0 Å². The van der Waals surface area contributed by atoms with Gasteiger partial charge in [-0.3, -0.25) is 0 Å².